The number of nitrogens with one attached hydrogen (secondary N) is 1. The Kier molecular flexibility index (Phi) is 5.44. The van der Waals surface area contributed by atoms with E-state index in [0.717, 1.165) is 33.3 Å². The number of aryl methyl sites for hydroxylation is 1. The second-order valence-electron chi connectivity index (χ2n) is 5.73. The normalized spacial score (nSPS) is 10.8. The lowest BCUT2D eigenvalue weighted by Crippen LogP contribution is -2.12. The monoisotopic (exact) mass is 355 g/mol. The minimum atomic E-state index is 0.0343. The van der Waals surface area contributed by atoms with Crippen molar-refractivity contribution < 1.29 is 0 Å². The number of hydrogen-bond acceptors (Lipinski definition) is 1. The minimum Gasteiger partial charge on any atom is -0.374 e. The fourth-order valence-electron chi connectivity index (χ4n) is 2.67. The Hall–Kier alpha value is -1.96. The van der Waals surface area contributed by atoms with Gasteiger partial charge in [-0.15, -0.1) is 0 Å². The van der Waals surface area contributed by atoms with Crippen LogP contribution in [-0.2, 0) is 6.42 Å². The third-order valence-corrected chi connectivity index (χ3v) is 4.58. The van der Waals surface area contributed by atoms with E-state index in [1.807, 2.05) is 24.3 Å². The summed E-state index contributed by atoms with van der Waals surface area (Å²) in [5.74, 6) is 0. The Morgan fingerprint density at radius 2 is 1.17 bits per heavy atom. The summed E-state index contributed by atoms with van der Waals surface area (Å²) in [7, 11) is 0. The Morgan fingerprint density at radius 3 is 1.58 bits per heavy atom. The van der Waals surface area contributed by atoms with Crippen LogP contribution >= 0.6 is 23.2 Å². The van der Waals surface area contributed by atoms with Gasteiger partial charge in [0.1, 0.15) is 0 Å². The van der Waals surface area contributed by atoms with Gasteiger partial charge in [-0.25, -0.2) is 0 Å². The molecule has 0 aliphatic heterocycles. The van der Waals surface area contributed by atoms with Crippen LogP contribution in [0.15, 0.2) is 72.8 Å². The Morgan fingerprint density at radius 1 is 0.708 bits per heavy atom. The van der Waals surface area contributed by atoms with Crippen LogP contribution in [0.1, 0.15) is 29.7 Å². The summed E-state index contributed by atoms with van der Waals surface area (Å²) in [6, 6.07) is 24.5. The van der Waals surface area contributed by atoms with Crippen molar-refractivity contribution in [3.05, 3.63) is 99.5 Å². The molecule has 0 unspecified atom stereocenters. The van der Waals surface area contributed by atoms with Crippen LogP contribution in [0.3, 0.4) is 0 Å². The van der Waals surface area contributed by atoms with Crippen LogP contribution in [0.25, 0.3) is 0 Å². The molecule has 1 N–H and O–H groups in total. The number of rotatable bonds is 5. The number of hydrogen-bond donors (Lipinski definition) is 1. The van der Waals surface area contributed by atoms with Crippen LogP contribution in [0, 0.1) is 0 Å². The molecule has 1 nitrogen and oxygen atoms in total. The molecular formula is C21H19Cl2N. The van der Waals surface area contributed by atoms with E-state index in [-0.39, 0.29) is 6.04 Å². The van der Waals surface area contributed by atoms with Crippen LogP contribution in [0.2, 0.25) is 10.0 Å². The summed E-state index contributed by atoms with van der Waals surface area (Å²) >= 11 is 12.1. The summed E-state index contributed by atoms with van der Waals surface area (Å²) < 4.78 is 0. The number of benzene rings is 3. The van der Waals surface area contributed by atoms with Gasteiger partial charge >= 0.3 is 0 Å². The van der Waals surface area contributed by atoms with Gasteiger partial charge in [-0.05, 0) is 59.5 Å². The highest BCUT2D eigenvalue weighted by Gasteiger charge is 2.14. The van der Waals surface area contributed by atoms with Crippen LogP contribution in [-0.4, -0.2) is 0 Å². The molecule has 0 saturated heterocycles. The first kappa shape index (κ1) is 16.9. The summed E-state index contributed by atoms with van der Waals surface area (Å²) in [5.41, 5.74) is 4.72. The average Bonchev–Trinajstić information content (AvgIpc) is 2.62. The molecule has 3 rings (SSSR count). The van der Waals surface area contributed by atoms with Crippen LogP contribution in [0.5, 0.6) is 0 Å². The lowest BCUT2D eigenvalue weighted by atomic mass is 9.98. The molecule has 3 heteroatoms. The van der Waals surface area contributed by atoms with E-state index in [4.69, 9.17) is 23.2 Å². The van der Waals surface area contributed by atoms with Gasteiger partial charge in [-0.2, -0.15) is 0 Å². The van der Waals surface area contributed by atoms with E-state index >= 15 is 0 Å². The molecule has 0 atom stereocenters. The van der Waals surface area contributed by atoms with Gasteiger partial charge in [0.15, 0.2) is 0 Å². The first-order chi connectivity index (χ1) is 11.7. The summed E-state index contributed by atoms with van der Waals surface area (Å²) in [4.78, 5) is 0. The average molecular weight is 356 g/mol. The molecule has 0 heterocycles. The highest BCUT2D eigenvalue weighted by atomic mass is 35.5. The van der Waals surface area contributed by atoms with E-state index in [0.29, 0.717) is 0 Å². The molecule has 0 saturated carbocycles. The smallest absolute Gasteiger partial charge is 0.0767 e. The lowest BCUT2D eigenvalue weighted by Gasteiger charge is -2.21. The molecule has 3 aromatic carbocycles. The molecular weight excluding hydrogens is 337 g/mol. The molecule has 0 spiro atoms. The van der Waals surface area contributed by atoms with Crippen molar-refractivity contribution in [2.75, 3.05) is 5.32 Å². The molecule has 0 aromatic heterocycles. The van der Waals surface area contributed by atoms with E-state index < -0.39 is 0 Å². The molecule has 0 radical (unpaired) electrons. The maximum absolute atomic E-state index is 6.04. The van der Waals surface area contributed by atoms with Crippen molar-refractivity contribution in [1.29, 1.82) is 0 Å². The third kappa shape index (κ3) is 4.11. The fourth-order valence-corrected chi connectivity index (χ4v) is 2.92. The quantitative estimate of drug-likeness (QED) is 0.533. The summed E-state index contributed by atoms with van der Waals surface area (Å²) in [6.07, 6.45) is 1.04. The van der Waals surface area contributed by atoms with Gasteiger partial charge in [0.05, 0.1) is 6.04 Å². The van der Waals surface area contributed by atoms with Crippen molar-refractivity contribution in [3.8, 4) is 0 Å². The summed E-state index contributed by atoms with van der Waals surface area (Å²) in [5, 5.41) is 5.09. The molecule has 0 amide bonds. The predicted octanol–water partition coefficient (Wildman–Crippen LogP) is 6.76. The SMILES string of the molecule is CCc1ccc(NC(c2ccc(Cl)cc2)c2ccc(Cl)cc2)cc1. The van der Waals surface area contributed by atoms with E-state index in [2.05, 4.69) is 60.8 Å². The van der Waals surface area contributed by atoms with E-state index in [1.54, 1.807) is 0 Å². The van der Waals surface area contributed by atoms with Gasteiger partial charge < -0.3 is 5.32 Å². The van der Waals surface area contributed by atoms with Gasteiger partial charge in [0.2, 0.25) is 0 Å². The Labute approximate surface area is 153 Å². The third-order valence-electron chi connectivity index (χ3n) is 4.08. The van der Waals surface area contributed by atoms with Gasteiger partial charge in [0, 0.05) is 15.7 Å². The zero-order valence-corrected chi connectivity index (χ0v) is 15.0. The van der Waals surface area contributed by atoms with Crippen molar-refractivity contribution in [2.24, 2.45) is 0 Å². The predicted molar refractivity (Wildman–Crippen MR) is 104 cm³/mol. The minimum absolute atomic E-state index is 0.0343. The second-order valence-corrected chi connectivity index (χ2v) is 6.60. The molecule has 0 fully saturated rings. The van der Waals surface area contributed by atoms with Gasteiger partial charge in [-0.1, -0.05) is 66.5 Å². The maximum atomic E-state index is 6.04. The van der Waals surface area contributed by atoms with Crippen molar-refractivity contribution in [1.82, 2.24) is 0 Å². The zero-order valence-electron chi connectivity index (χ0n) is 13.5. The molecule has 0 aliphatic carbocycles. The highest BCUT2D eigenvalue weighted by Crippen LogP contribution is 2.28. The first-order valence-electron chi connectivity index (χ1n) is 8.02. The highest BCUT2D eigenvalue weighted by molar-refractivity contribution is 6.30. The number of halogens is 2. The summed E-state index contributed by atoms with van der Waals surface area (Å²) in [6.45, 7) is 2.16. The van der Waals surface area contributed by atoms with E-state index in [9.17, 15) is 0 Å². The van der Waals surface area contributed by atoms with Crippen molar-refractivity contribution >= 4 is 28.9 Å². The van der Waals surface area contributed by atoms with Crippen LogP contribution in [0.4, 0.5) is 5.69 Å². The second kappa shape index (κ2) is 7.74. The van der Waals surface area contributed by atoms with Crippen LogP contribution < -0.4 is 5.32 Å². The molecule has 3 aromatic rings. The Bertz CT molecular complexity index is 732. The lowest BCUT2D eigenvalue weighted by molar-refractivity contribution is 0.939. The largest absolute Gasteiger partial charge is 0.374 e. The first-order valence-corrected chi connectivity index (χ1v) is 8.77. The van der Waals surface area contributed by atoms with Crippen molar-refractivity contribution in [2.45, 2.75) is 19.4 Å². The van der Waals surface area contributed by atoms with Crippen molar-refractivity contribution in [3.63, 3.8) is 0 Å². The molecule has 0 aliphatic rings. The fraction of sp³-hybridized carbons (Fsp3) is 0.143. The van der Waals surface area contributed by atoms with Gasteiger partial charge in [0.25, 0.3) is 0 Å². The molecule has 122 valence electrons. The zero-order chi connectivity index (χ0) is 16.9. The molecule has 24 heavy (non-hydrogen) atoms. The van der Waals surface area contributed by atoms with E-state index in [1.165, 1.54) is 5.56 Å². The topological polar surface area (TPSA) is 12.0 Å². The Balaban J connectivity index is 1.94. The number of anilines is 1. The maximum Gasteiger partial charge on any atom is 0.0767 e. The standard InChI is InChI=1S/C21H19Cl2N/c1-2-15-3-13-20(14-4-15)24-21(16-5-9-18(22)10-6-16)17-7-11-19(23)12-8-17/h3-14,21,24H,2H2,1H3. The van der Waals surface area contributed by atoms with Gasteiger partial charge in [-0.3, -0.25) is 0 Å². The molecule has 0 bridgehead atoms.